The Morgan fingerprint density at radius 2 is 1.86 bits per heavy atom. The van der Waals surface area contributed by atoms with Crippen LogP contribution in [0.5, 0.6) is 0 Å². The van der Waals surface area contributed by atoms with E-state index in [1.807, 2.05) is 37.4 Å². The van der Waals surface area contributed by atoms with Crippen LogP contribution in [0.15, 0.2) is 40.0 Å². The van der Waals surface area contributed by atoms with Crippen molar-refractivity contribution in [3.8, 4) is 11.4 Å². The zero-order chi connectivity index (χ0) is 19.5. The third-order valence-electron chi connectivity index (χ3n) is 4.95. The minimum atomic E-state index is -0.172. The molecule has 9 nitrogen and oxygen atoms in total. The monoisotopic (exact) mass is 382 g/mol. The van der Waals surface area contributed by atoms with Crippen LogP contribution in [0, 0.1) is 0 Å². The smallest absolute Gasteiger partial charge is 0.274 e. The molecule has 1 aromatic heterocycles. The number of nitrogens with zero attached hydrogens (tertiary/aromatic N) is 6. The van der Waals surface area contributed by atoms with Crippen molar-refractivity contribution in [2.24, 2.45) is 5.10 Å². The summed E-state index contributed by atoms with van der Waals surface area (Å²) in [5, 5.41) is 9.56. The zero-order valence-corrected chi connectivity index (χ0v) is 15.7. The lowest BCUT2D eigenvalue weighted by Crippen LogP contribution is -2.50. The highest BCUT2D eigenvalue weighted by Gasteiger charge is 2.28. The van der Waals surface area contributed by atoms with Gasteiger partial charge in [0.25, 0.3) is 5.89 Å². The van der Waals surface area contributed by atoms with Gasteiger partial charge in [0.15, 0.2) is 0 Å². The predicted molar refractivity (Wildman–Crippen MR) is 101 cm³/mol. The number of hydrogen-bond donors (Lipinski definition) is 0. The van der Waals surface area contributed by atoms with Gasteiger partial charge in [-0.05, 0) is 7.05 Å². The first kappa shape index (κ1) is 18.3. The van der Waals surface area contributed by atoms with Crippen molar-refractivity contribution in [2.45, 2.75) is 12.8 Å². The number of benzene rings is 1. The Kier molecular flexibility index (Phi) is 5.16. The van der Waals surface area contributed by atoms with Crippen LogP contribution in [0.1, 0.15) is 18.7 Å². The summed E-state index contributed by atoms with van der Waals surface area (Å²) in [5.41, 5.74) is 1.37. The Morgan fingerprint density at radius 3 is 2.61 bits per heavy atom. The standard InChI is InChI=1S/C19H22N6O3/c1-23-9-11-24(12-10-23)17(27)13-25-16(26)8-7-15(21-25)19-20-18(22-28-19)14-5-3-2-4-6-14/h2-6H,7-13H2,1H3. The largest absolute Gasteiger partial charge is 0.339 e. The van der Waals surface area contributed by atoms with Crippen molar-refractivity contribution in [3.05, 3.63) is 36.2 Å². The molecular formula is C19H22N6O3. The van der Waals surface area contributed by atoms with Gasteiger partial charge in [-0.1, -0.05) is 35.5 Å². The molecule has 146 valence electrons. The van der Waals surface area contributed by atoms with Gasteiger partial charge in [0.1, 0.15) is 12.3 Å². The quantitative estimate of drug-likeness (QED) is 0.778. The second kappa shape index (κ2) is 7.89. The van der Waals surface area contributed by atoms with E-state index in [9.17, 15) is 9.59 Å². The van der Waals surface area contributed by atoms with Crippen LogP contribution in [0.25, 0.3) is 11.4 Å². The lowest BCUT2D eigenvalue weighted by molar-refractivity contribution is -0.141. The van der Waals surface area contributed by atoms with Crippen LogP contribution >= 0.6 is 0 Å². The van der Waals surface area contributed by atoms with E-state index in [2.05, 4.69) is 20.1 Å². The normalized spacial score (nSPS) is 18.3. The van der Waals surface area contributed by atoms with Crippen LogP contribution < -0.4 is 0 Å². The van der Waals surface area contributed by atoms with Gasteiger partial charge in [-0.25, -0.2) is 5.01 Å². The van der Waals surface area contributed by atoms with E-state index >= 15 is 0 Å². The van der Waals surface area contributed by atoms with Gasteiger partial charge in [0.05, 0.1) is 0 Å². The van der Waals surface area contributed by atoms with E-state index in [1.54, 1.807) is 4.90 Å². The second-order valence-electron chi connectivity index (χ2n) is 6.97. The molecule has 2 amide bonds. The number of piperazine rings is 1. The third kappa shape index (κ3) is 3.94. The molecule has 0 N–H and O–H groups in total. The fraction of sp³-hybridized carbons (Fsp3) is 0.421. The first-order valence-electron chi connectivity index (χ1n) is 9.34. The highest BCUT2D eigenvalue weighted by Crippen LogP contribution is 2.19. The SMILES string of the molecule is CN1CCN(C(=O)CN2N=C(c3nc(-c4ccccc4)no3)CCC2=O)CC1. The highest BCUT2D eigenvalue weighted by atomic mass is 16.5. The molecule has 2 aliphatic heterocycles. The van der Waals surface area contributed by atoms with Crippen molar-refractivity contribution in [2.75, 3.05) is 39.8 Å². The number of rotatable bonds is 4. The first-order chi connectivity index (χ1) is 13.6. The molecule has 0 atom stereocenters. The summed E-state index contributed by atoms with van der Waals surface area (Å²) in [7, 11) is 2.03. The summed E-state index contributed by atoms with van der Waals surface area (Å²) in [5.74, 6) is 0.481. The molecule has 0 saturated carbocycles. The lowest BCUT2D eigenvalue weighted by atomic mass is 10.1. The average Bonchev–Trinajstić information content (AvgIpc) is 3.21. The molecule has 1 saturated heterocycles. The topological polar surface area (TPSA) is 95.1 Å². The van der Waals surface area contributed by atoms with E-state index in [1.165, 1.54) is 5.01 Å². The van der Waals surface area contributed by atoms with Crippen LogP contribution in [0.2, 0.25) is 0 Å². The summed E-state index contributed by atoms with van der Waals surface area (Å²) >= 11 is 0. The molecule has 3 heterocycles. The van der Waals surface area contributed by atoms with Crippen molar-refractivity contribution in [1.29, 1.82) is 0 Å². The Hall–Kier alpha value is -3.07. The summed E-state index contributed by atoms with van der Waals surface area (Å²) in [6, 6.07) is 9.49. The highest BCUT2D eigenvalue weighted by molar-refractivity contribution is 6.01. The Labute approximate surface area is 162 Å². The maximum atomic E-state index is 12.5. The molecule has 28 heavy (non-hydrogen) atoms. The van der Waals surface area contributed by atoms with Crippen molar-refractivity contribution < 1.29 is 14.1 Å². The summed E-state index contributed by atoms with van der Waals surface area (Å²) in [6.07, 6.45) is 0.673. The number of hydrazone groups is 1. The molecular weight excluding hydrogens is 360 g/mol. The van der Waals surface area contributed by atoms with E-state index in [-0.39, 0.29) is 30.7 Å². The number of amides is 2. The Morgan fingerprint density at radius 1 is 1.11 bits per heavy atom. The van der Waals surface area contributed by atoms with Gasteiger partial charge >= 0.3 is 0 Å². The molecule has 1 fully saturated rings. The zero-order valence-electron chi connectivity index (χ0n) is 15.7. The first-order valence-corrected chi connectivity index (χ1v) is 9.34. The summed E-state index contributed by atoms with van der Waals surface area (Å²) in [4.78, 5) is 33.1. The van der Waals surface area contributed by atoms with Crippen LogP contribution in [0.3, 0.4) is 0 Å². The molecule has 2 aliphatic rings. The average molecular weight is 382 g/mol. The second-order valence-corrected chi connectivity index (χ2v) is 6.97. The molecule has 0 bridgehead atoms. The van der Waals surface area contributed by atoms with Crippen LogP contribution in [-0.2, 0) is 9.59 Å². The molecule has 4 rings (SSSR count). The number of aromatic nitrogens is 2. The molecule has 0 radical (unpaired) electrons. The maximum absolute atomic E-state index is 12.5. The summed E-state index contributed by atoms with van der Waals surface area (Å²) in [6.45, 7) is 2.93. The fourth-order valence-electron chi connectivity index (χ4n) is 3.21. The van der Waals surface area contributed by atoms with Gasteiger partial charge in [0, 0.05) is 44.6 Å². The van der Waals surface area contributed by atoms with Crippen LogP contribution in [0.4, 0.5) is 0 Å². The minimum absolute atomic E-state index is 0.0638. The van der Waals surface area contributed by atoms with Gasteiger partial charge in [-0.2, -0.15) is 10.1 Å². The van der Waals surface area contributed by atoms with Crippen LogP contribution in [-0.4, -0.2) is 82.2 Å². The Bertz CT molecular complexity index is 886. The summed E-state index contributed by atoms with van der Waals surface area (Å²) < 4.78 is 5.34. The number of likely N-dealkylation sites (N-methyl/N-ethyl adjacent to an activating group) is 1. The van der Waals surface area contributed by atoms with Crippen molar-refractivity contribution in [1.82, 2.24) is 24.9 Å². The molecule has 1 aromatic carbocycles. The fourth-order valence-corrected chi connectivity index (χ4v) is 3.21. The van der Waals surface area contributed by atoms with E-state index in [0.717, 1.165) is 18.7 Å². The van der Waals surface area contributed by atoms with E-state index < -0.39 is 0 Å². The molecule has 0 spiro atoms. The molecule has 0 unspecified atom stereocenters. The van der Waals surface area contributed by atoms with Gasteiger partial charge in [-0.15, -0.1) is 0 Å². The lowest BCUT2D eigenvalue weighted by Gasteiger charge is -2.33. The van der Waals surface area contributed by atoms with E-state index in [0.29, 0.717) is 31.0 Å². The molecule has 2 aromatic rings. The third-order valence-corrected chi connectivity index (χ3v) is 4.95. The van der Waals surface area contributed by atoms with E-state index in [4.69, 9.17) is 4.52 Å². The number of carbonyl (C=O) groups excluding carboxylic acids is 2. The number of hydrogen-bond acceptors (Lipinski definition) is 7. The molecule has 0 aliphatic carbocycles. The molecule has 9 heteroatoms. The predicted octanol–water partition coefficient (Wildman–Crippen LogP) is 0.837. The van der Waals surface area contributed by atoms with Crippen molar-refractivity contribution >= 4 is 17.5 Å². The van der Waals surface area contributed by atoms with Crippen molar-refractivity contribution in [3.63, 3.8) is 0 Å². The Balaban J connectivity index is 1.47. The number of carbonyl (C=O) groups is 2. The maximum Gasteiger partial charge on any atom is 0.274 e. The minimum Gasteiger partial charge on any atom is -0.339 e. The van der Waals surface area contributed by atoms with Gasteiger partial charge in [-0.3, -0.25) is 9.59 Å². The van der Waals surface area contributed by atoms with Gasteiger partial charge in [0.2, 0.25) is 17.6 Å². The van der Waals surface area contributed by atoms with Gasteiger partial charge < -0.3 is 14.3 Å².